The second-order valence-corrected chi connectivity index (χ2v) is 4.92. The molecule has 1 atom stereocenters. The molecule has 21 heavy (non-hydrogen) atoms. The lowest BCUT2D eigenvalue weighted by Crippen LogP contribution is -2.19. The molecule has 8 heteroatoms. The summed E-state index contributed by atoms with van der Waals surface area (Å²) < 4.78 is 5.53. The van der Waals surface area contributed by atoms with Crippen LogP contribution in [0.1, 0.15) is 32.2 Å². The summed E-state index contributed by atoms with van der Waals surface area (Å²) >= 11 is 6.03. The fourth-order valence-corrected chi connectivity index (χ4v) is 2.09. The lowest BCUT2D eigenvalue weighted by atomic mass is 10.2. The van der Waals surface area contributed by atoms with Crippen molar-refractivity contribution in [3.8, 4) is 11.5 Å². The molecular formula is C13H15ClN4O3. The maximum Gasteiger partial charge on any atom is 0.283 e. The van der Waals surface area contributed by atoms with E-state index in [1.165, 1.54) is 12.1 Å². The van der Waals surface area contributed by atoms with Gasteiger partial charge in [-0.1, -0.05) is 24.6 Å². The molecule has 1 N–H and O–H groups in total. The Hall–Kier alpha value is -1.99. The highest BCUT2D eigenvalue weighted by Gasteiger charge is 2.24. The Bertz CT molecular complexity index is 644. The van der Waals surface area contributed by atoms with Crippen molar-refractivity contribution >= 4 is 17.3 Å². The van der Waals surface area contributed by atoms with Crippen LogP contribution in [-0.2, 0) is 0 Å². The van der Waals surface area contributed by atoms with Crippen LogP contribution in [0.5, 0.6) is 0 Å². The van der Waals surface area contributed by atoms with Crippen molar-refractivity contribution in [3.05, 3.63) is 39.2 Å². The predicted octanol–water partition coefficient (Wildman–Crippen LogP) is 3.36. The third kappa shape index (κ3) is 3.37. The first kappa shape index (κ1) is 15.4. The highest BCUT2D eigenvalue weighted by atomic mass is 35.5. The number of rotatable bonds is 6. The second kappa shape index (κ2) is 6.64. The molecule has 7 nitrogen and oxygen atoms in total. The molecule has 112 valence electrons. The van der Waals surface area contributed by atoms with Crippen LogP contribution in [0.4, 0.5) is 5.69 Å². The molecule has 2 aromatic rings. The van der Waals surface area contributed by atoms with Crippen molar-refractivity contribution in [2.24, 2.45) is 0 Å². The zero-order valence-electron chi connectivity index (χ0n) is 11.7. The van der Waals surface area contributed by atoms with Gasteiger partial charge in [0.05, 0.1) is 16.0 Å². The molecule has 1 unspecified atom stereocenters. The number of aromatic nitrogens is 2. The fourth-order valence-electron chi connectivity index (χ4n) is 1.84. The minimum Gasteiger partial charge on any atom is -0.419 e. The molecule has 0 aliphatic heterocycles. The van der Waals surface area contributed by atoms with E-state index in [4.69, 9.17) is 16.0 Å². The van der Waals surface area contributed by atoms with Crippen LogP contribution < -0.4 is 5.32 Å². The summed E-state index contributed by atoms with van der Waals surface area (Å²) in [6.07, 6.45) is 0.974. The van der Waals surface area contributed by atoms with Gasteiger partial charge in [-0.05, 0) is 26.0 Å². The molecule has 0 aliphatic rings. The summed E-state index contributed by atoms with van der Waals surface area (Å²) in [5.74, 6) is 0.417. The van der Waals surface area contributed by atoms with Crippen LogP contribution in [0.15, 0.2) is 22.6 Å². The standard InChI is InChI=1S/C13H15ClN4O3/c1-3-7-15-8(2)12-16-17-13(21-12)11-9(14)5-4-6-10(11)18(19)20/h4-6,8,15H,3,7H2,1-2H3. The Morgan fingerprint density at radius 1 is 1.48 bits per heavy atom. The van der Waals surface area contributed by atoms with Crippen LogP contribution in [0.25, 0.3) is 11.5 Å². The first-order valence-corrected chi connectivity index (χ1v) is 6.92. The lowest BCUT2D eigenvalue weighted by Gasteiger charge is -2.07. The molecule has 0 saturated carbocycles. The summed E-state index contributed by atoms with van der Waals surface area (Å²) in [5, 5.41) is 22.3. The summed E-state index contributed by atoms with van der Waals surface area (Å²) in [6.45, 7) is 4.74. The van der Waals surface area contributed by atoms with Gasteiger partial charge in [0.15, 0.2) is 0 Å². The van der Waals surface area contributed by atoms with E-state index < -0.39 is 4.92 Å². The third-order valence-electron chi connectivity index (χ3n) is 2.91. The van der Waals surface area contributed by atoms with E-state index in [2.05, 4.69) is 15.5 Å². The number of nitrogens with one attached hydrogen (secondary N) is 1. The highest BCUT2D eigenvalue weighted by Crippen LogP contribution is 2.35. The Morgan fingerprint density at radius 2 is 2.24 bits per heavy atom. The van der Waals surface area contributed by atoms with Gasteiger partial charge in [0.25, 0.3) is 11.6 Å². The van der Waals surface area contributed by atoms with E-state index in [9.17, 15) is 10.1 Å². The van der Waals surface area contributed by atoms with Gasteiger partial charge in [-0.3, -0.25) is 10.1 Å². The Kier molecular flexibility index (Phi) is 4.87. The number of halogens is 1. The molecule has 0 spiro atoms. The van der Waals surface area contributed by atoms with Crippen molar-refractivity contribution < 1.29 is 9.34 Å². The van der Waals surface area contributed by atoms with Crippen LogP contribution in [0.2, 0.25) is 5.02 Å². The van der Waals surface area contributed by atoms with E-state index in [0.29, 0.717) is 5.89 Å². The summed E-state index contributed by atoms with van der Waals surface area (Å²) in [5.41, 5.74) is -0.0162. The average Bonchev–Trinajstić information content (AvgIpc) is 2.93. The van der Waals surface area contributed by atoms with Gasteiger partial charge in [0.2, 0.25) is 5.89 Å². The number of hydrogen-bond acceptors (Lipinski definition) is 6. The number of nitro benzene ring substituents is 1. The molecule has 1 aromatic heterocycles. The monoisotopic (exact) mass is 310 g/mol. The molecule has 0 bridgehead atoms. The molecule has 0 amide bonds. The molecule has 1 heterocycles. The normalized spacial score (nSPS) is 12.3. The van der Waals surface area contributed by atoms with Crippen LogP contribution in [-0.4, -0.2) is 21.7 Å². The number of hydrogen-bond donors (Lipinski definition) is 1. The number of nitro groups is 1. The minimum absolute atomic E-state index is 0.0486. The van der Waals surface area contributed by atoms with Crippen molar-refractivity contribution in [2.45, 2.75) is 26.3 Å². The SMILES string of the molecule is CCCNC(C)c1nnc(-c2c(Cl)cccc2[N+](=O)[O-])o1. The van der Waals surface area contributed by atoms with Gasteiger partial charge in [0.1, 0.15) is 5.56 Å². The molecule has 2 rings (SSSR count). The predicted molar refractivity (Wildman–Crippen MR) is 78.1 cm³/mol. The van der Waals surface area contributed by atoms with Gasteiger partial charge < -0.3 is 9.73 Å². The lowest BCUT2D eigenvalue weighted by molar-refractivity contribution is -0.384. The van der Waals surface area contributed by atoms with Gasteiger partial charge in [0, 0.05) is 6.07 Å². The molecule has 0 aliphatic carbocycles. The Balaban J connectivity index is 2.36. The summed E-state index contributed by atoms with van der Waals surface area (Å²) in [7, 11) is 0. The van der Waals surface area contributed by atoms with Crippen molar-refractivity contribution in [1.29, 1.82) is 0 Å². The number of benzene rings is 1. The van der Waals surface area contributed by atoms with E-state index in [1.54, 1.807) is 6.07 Å². The third-order valence-corrected chi connectivity index (χ3v) is 3.23. The van der Waals surface area contributed by atoms with Crippen molar-refractivity contribution in [1.82, 2.24) is 15.5 Å². The zero-order valence-corrected chi connectivity index (χ0v) is 12.4. The van der Waals surface area contributed by atoms with E-state index >= 15 is 0 Å². The molecule has 0 saturated heterocycles. The van der Waals surface area contributed by atoms with Crippen LogP contribution in [0.3, 0.4) is 0 Å². The average molecular weight is 311 g/mol. The minimum atomic E-state index is -0.524. The quantitative estimate of drug-likeness (QED) is 0.649. The molecule has 0 radical (unpaired) electrons. The van der Waals surface area contributed by atoms with Gasteiger partial charge in [-0.25, -0.2) is 0 Å². The van der Waals surface area contributed by atoms with Gasteiger partial charge >= 0.3 is 0 Å². The number of nitrogens with zero attached hydrogens (tertiary/aromatic N) is 3. The first-order chi connectivity index (χ1) is 10.0. The Morgan fingerprint density at radius 3 is 2.90 bits per heavy atom. The van der Waals surface area contributed by atoms with E-state index in [1.807, 2.05) is 13.8 Å². The summed E-state index contributed by atoms with van der Waals surface area (Å²) in [6, 6.07) is 4.27. The smallest absolute Gasteiger partial charge is 0.283 e. The summed E-state index contributed by atoms with van der Waals surface area (Å²) in [4.78, 5) is 10.6. The molecule has 1 aromatic carbocycles. The highest BCUT2D eigenvalue weighted by molar-refractivity contribution is 6.33. The van der Waals surface area contributed by atoms with Gasteiger partial charge in [-0.2, -0.15) is 0 Å². The topological polar surface area (TPSA) is 94.1 Å². The Labute approximate surface area is 126 Å². The second-order valence-electron chi connectivity index (χ2n) is 4.51. The van der Waals surface area contributed by atoms with E-state index in [0.717, 1.165) is 13.0 Å². The van der Waals surface area contributed by atoms with Crippen molar-refractivity contribution in [2.75, 3.05) is 6.54 Å². The first-order valence-electron chi connectivity index (χ1n) is 6.54. The largest absolute Gasteiger partial charge is 0.419 e. The van der Waals surface area contributed by atoms with Gasteiger partial charge in [-0.15, -0.1) is 10.2 Å². The van der Waals surface area contributed by atoms with Crippen molar-refractivity contribution in [3.63, 3.8) is 0 Å². The molecular weight excluding hydrogens is 296 g/mol. The van der Waals surface area contributed by atoms with Crippen LogP contribution >= 0.6 is 11.6 Å². The van der Waals surface area contributed by atoms with E-state index in [-0.39, 0.29) is 28.2 Å². The zero-order chi connectivity index (χ0) is 15.4. The van der Waals surface area contributed by atoms with Crippen LogP contribution in [0, 0.1) is 10.1 Å². The maximum atomic E-state index is 11.1. The molecule has 0 fully saturated rings. The maximum absolute atomic E-state index is 11.1. The fraction of sp³-hybridized carbons (Fsp3) is 0.385.